The molecule has 26 heavy (non-hydrogen) atoms. The molecule has 3 rings (SSSR count). The smallest absolute Gasteiger partial charge is 0.258 e. The Labute approximate surface area is 158 Å². The molecule has 1 aliphatic heterocycles. The Bertz CT molecular complexity index is 806. The van der Waals surface area contributed by atoms with Gasteiger partial charge < -0.3 is 19.5 Å². The van der Waals surface area contributed by atoms with E-state index in [9.17, 15) is 4.79 Å². The second-order valence-electron chi connectivity index (χ2n) is 6.84. The highest BCUT2D eigenvalue weighted by Crippen LogP contribution is 2.41. The van der Waals surface area contributed by atoms with E-state index < -0.39 is 0 Å². The summed E-state index contributed by atoms with van der Waals surface area (Å²) in [5.41, 5.74) is 0.521. The second-order valence-corrected chi connectivity index (χ2v) is 7.27. The molecule has 1 atom stereocenters. The molecule has 0 saturated heterocycles. The summed E-state index contributed by atoms with van der Waals surface area (Å²) in [5, 5.41) is 3.60. The zero-order chi connectivity index (χ0) is 18.7. The first-order valence-electron chi connectivity index (χ1n) is 8.41. The summed E-state index contributed by atoms with van der Waals surface area (Å²) in [6.07, 6.45) is 0.649. The Kier molecular flexibility index (Phi) is 5.28. The van der Waals surface area contributed by atoms with E-state index in [0.717, 1.165) is 17.1 Å². The van der Waals surface area contributed by atoms with Gasteiger partial charge in [-0.1, -0.05) is 17.7 Å². The average Bonchev–Trinajstić information content (AvgIpc) is 2.59. The highest BCUT2D eigenvalue weighted by atomic mass is 35.5. The van der Waals surface area contributed by atoms with Crippen LogP contribution in [0.2, 0.25) is 5.02 Å². The van der Waals surface area contributed by atoms with Crippen LogP contribution in [0.3, 0.4) is 0 Å². The largest absolute Gasteiger partial charge is 0.497 e. The van der Waals surface area contributed by atoms with Crippen molar-refractivity contribution in [1.29, 1.82) is 0 Å². The Hall–Kier alpha value is -2.40. The lowest BCUT2D eigenvalue weighted by molar-refractivity contribution is -0.124. The minimum Gasteiger partial charge on any atom is -0.497 e. The van der Waals surface area contributed by atoms with Gasteiger partial charge in [-0.05, 0) is 50.2 Å². The molecule has 1 heterocycles. The van der Waals surface area contributed by atoms with Crippen LogP contribution in [0.5, 0.6) is 17.2 Å². The Balaban J connectivity index is 1.71. The number of benzene rings is 2. The quantitative estimate of drug-likeness (QED) is 0.853. The van der Waals surface area contributed by atoms with Crippen LogP contribution in [0.4, 0.5) is 0 Å². The molecule has 0 saturated carbocycles. The molecule has 138 valence electrons. The van der Waals surface area contributed by atoms with Crippen LogP contribution in [0.1, 0.15) is 31.9 Å². The van der Waals surface area contributed by atoms with E-state index in [4.69, 9.17) is 25.8 Å². The van der Waals surface area contributed by atoms with Crippen molar-refractivity contribution in [3.8, 4) is 17.2 Å². The van der Waals surface area contributed by atoms with Crippen molar-refractivity contribution < 1.29 is 19.0 Å². The van der Waals surface area contributed by atoms with E-state index in [2.05, 4.69) is 5.32 Å². The third-order valence-electron chi connectivity index (χ3n) is 4.18. The molecule has 1 unspecified atom stereocenters. The normalized spacial score (nSPS) is 17.6. The molecule has 1 N–H and O–H groups in total. The first-order chi connectivity index (χ1) is 12.4. The van der Waals surface area contributed by atoms with Crippen LogP contribution < -0.4 is 19.5 Å². The van der Waals surface area contributed by atoms with Crippen molar-refractivity contribution in [2.45, 2.75) is 31.9 Å². The van der Waals surface area contributed by atoms with Gasteiger partial charge in [0.05, 0.1) is 13.2 Å². The summed E-state index contributed by atoms with van der Waals surface area (Å²) in [5.74, 6) is 1.83. The maximum atomic E-state index is 12.4. The van der Waals surface area contributed by atoms with E-state index in [0.29, 0.717) is 17.2 Å². The van der Waals surface area contributed by atoms with E-state index in [1.807, 2.05) is 32.0 Å². The molecule has 1 amide bonds. The van der Waals surface area contributed by atoms with Gasteiger partial charge in [-0.15, -0.1) is 0 Å². The van der Waals surface area contributed by atoms with E-state index >= 15 is 0 Å². The van der Waals surface area contributed by atoms with Gasteiger partial charge in [0.1, 0.15) is 22.8 Å². The van der Waals surface area contributed by atoms with Crippen LogP contribution in [-0.2, 0) is 4.79 Å². The first-order valence-corrected chi connectivity index (χ1v) is 8.79. The van der Waals surface area contributed by atoms with E-state index in [1.54, 1.807) is 31.4 Å². The topological polar surface area (TPSA) is 56.8 Å². The Morgan fingerprint density at radius 1 is 1.27 bits per heavy atom. The Morgan fingerprint density at radius 2 is 2.08 bits per heavy atom. The maximum absolute atomic E-state index is 12.4. The molecule has 2 aromatic carbocycles. The SMILES string of the molecule is COc1ccc2c(c1)C(NC(=O)COc1cccc(Cl)c1)CC(C)(C)O2. The summed E-state index contributed by atoms with van der Waals surface area (Å²) in [4.78, 5) is 12.4. The Morgan fingerprint density at radius 3 is 2.81 bits per heavy atom. The molecule has 5 nitrogen and oxygen atoms in total. The summed E-state index contributed by atoms with van der Waals surface area (Å²) in [6.45, 7) is 3.92. The van der Waals surface area contributed by atoms with Crippen LogP contribution in [0, 0.1) is 0 Å². The number of ether oxygens (including phenoxy) is 3. The fourth-order valence-electron chi connectivity index (χ4n) is 3.03. The predicted octanol–water partition coefficient (Wildman–Crippen LogP) is 4.15. The van der Waals surface area contributed by atoms with Crippen LogP contribution in [0.15, 0.2) is 42.5 Å². The fraction of sp³-hybridized carbons (Fsp3) is 0.350. The third-order valence-corrected chi connectivity index (χ3v) is 4.41. The molecule has 0 aliphatic carbocycles. The number of carbonyl (C=O) groups is 1. The van der Waals surface area contributed by atoms with Gasteiger partial charge in [0.15, 0.2) is 6.61 Å². The molecule has 2 aromatic rings. The van der Waals surface area contributed by atoms with Crippen LogP contribution in [0.25, 0.3) is 0 Å². The average molecular weight is 376 g/mol. The lowest BCUT2D eigenvalue weighted by Crippen LogP contribution is -2.42. The van der Waals surface area contributed by atoms with Gasteiger partial charge in [-0.25, -0.2) is 0 Å². The number of fused-ring (bicyclic) bond motifs is 1. The molecule has 0 spiro atoms. The molecule has 0 fully saturated rings. The predicted molar refractivity (Wildman–Crippen MR) is 100 cm³/mol. The first kappa shape index (κ1) is 18.4. The van der Waals surface area contributed by atoms with Crippen LogP contribution in [-0.4, -0.2) is 25.2 Å². The third kappa shape index (κ3) is 4.41. The minimum absolute atomic E-state index is 0.0859. The number of halogens is 1. The standard InChI is InChI=1S/C20H22ClNO4/c1-20(2)11-17(16-10-14(24-3)7-8-18(16)26-20)22-19(23)12-25-15-6-4-5-13(21)9-15/h4-10,17H,11-12H2,1-3H3,(H,22,23). The summed E-state index contributed by atoms with van der Waals surface area (Å²) >= 11 is 5.93. The lowest BCUT2D eigenvalue weighted by atomic mass is 9.89. The van der Waals surface area contributed by atoms with Crippen molar-refractivity contribution >= 4 is 17.5 Å². The molecular weight excluding hydrogens is 354 g/mol. The van der Waals surface area contributed by atoms with Crippen molar-refractivity contribution in [2.24, 2.45) is 0 Å². The molecule has 6 heteroatoms. The number of methoxy groups -OCH3 is 1. The van der Waals surface area contributed by atoms with Crippen molar-refractivity contribution in [3.63, 3.8) is 0 Å². The maximum Gasteiger partial charge on any atom is 0.258 e. The van der Waals surface area contributed by atoms with Gasteiger partial charge in [0.25, 0.3) is 5.91 Å². The molecule has 1 aliphatic rings. The highest BCUT2D eigenvalue weighted by Gasteiger charge is 2.34. The second kappa shape index (κ2) is 7.46. The highest BCUT2D eigenvalue weighted by molar-refractivity contribution is 6.30. The molecule has 0 radical (unpaired) electrons. The summed E-state index contributed by atoms with van der Waals surface area (Å²) in [7, 11) is 1.61. The van der Waals surface area contributed by atoms with Gasteiger partial charge in [0, 0.05) is 17.0 Å². The number of amides is 1. The lowest BCUT2D eigenvalue weighted by Gasteiger charge is -2.38. The van der Waals surface area contributed by atoms with Gasteiger partial charge in [-0.2, -0.15) is 0 Å². The number of rotatable bonds is 5. The monoisotopic (exact) mass is 375 g/mol. The number of hydrogen-bond acceptors (Lipinski definition) is 4. The number of hydrogen-bond donors (Lipinski definition) is 1. The van der Waals surface area contributed by atoms with Crippen molar-refractivity contribution in [1.82, 2.24) is 5.32 Å². The van der Waals surface area contributed by atoms with Crippen molar-refractivity contribution in [2.75, 3.05) is 13.7 Å². The number of carbonyl (C=O) groups excluding carboxylic acids is 1. The van der Waals surface area contributed by atoms with Gasteiger partial charge in [-0.3, -0.25) is 4.79 Å². The minimum atomic E-state index is -0.382. The summed E-state index contributed by atoms with van der Waals surface area (Å²) in [6, 6.07) is 12.4. The molecular formula is C20H22ClNO4. The van der Waals surface area contributed by atoms with E-state index in [-0.39, 0.29) is 24.2 Å². The number of nitrogens with one attached hydrogen (secondary N) is 1. The van der Waals surface area contributed by atoms with Crippen molar-refractivity contribution in [3.05, 3.63) is 53.1 Å². The summed E-state index contributed by atoms with van der Waals surface area (Å²) < 4.78 is 16.8. The van der Waals surface area contributed by atoms with Gasteiger partial charge in [0.2, 0.25) is 0 Å². The van der Waals surface area contributed by atoms with Gasteiger partial charge >= 0.3 is 0 Å². The zero-order valence-corrected chi connectivity index (χ0v) is 15.8. The fourth-order valence-corrected chi connectivity index (χ4v) is 3.21. The van der Waals surface area contributed by atoms with Crippen LogP contribution >= 0.6 is 11.6 Å². The molecule has 0 aromatic heterocycles. The zero-order valence-electron chi connectivity index (χ0n) is 15.0. The molecule has 0 bridgehead atoms. The van der Waals surface area contributed by atoms with E-state index in [1.165, 1.54) is 0 Å².